The van der Waals surface area contributed by atoms with E-state index in [1.54, 1.807) is 0 Å². The molecule has 0 aromatic carbocycles. The minimum atomic E-state index is -4.97. The summed E-state index contributed by atoms with van der Waals surface area (Å²) in [5.74, 6) is 0.331. The first-order valence-electron chi connectivity index (χ1n) is 45.9. The number of phosphoric ester groups is 2. The van der Waals surface area contributed by atoms with Crippen molar-refractivity contribution in [3.63, 3.8) is 0 Å². The molecule has 4 unspecified atom stereocenters. The minimum Gasteiger partial charge on any atom is -0.462 e. The van der Waals surface area contributed by atoms with Crippen LogP contribution in [0.2, 0.25) is 0 Å². The lowest BCUT2D eigenvalue weighted by molar-refractivity contribution is -0.161. The Morgan fingerprint density at radius 3 is 0.704 bits per heavy atom. The van der Waals surface area contributed by atoms with E-state index in [4.69, 9.17) is 37.0 Å². The van der Waals surface area contributed by atoms with Gasteiger partial charge in [0.05, 0.1) is 26.4 Å². The van der Waals surface area contributed by atoms with E-state index in [9.17, 15) is 43.2 Å². The second-order valence-corrected chi connectivity index (χ2v) is 35.9. The number of rotatable bonds is 87. The molecule has 0 aliphatic carbocycles. The zero-order valence-electron chi connectivity index (χ0n) is 71.3. The molecule has 0 rings (SSSR count). The van der Waals surface area contributed by atoms with Crippen LogP contribution >= 0.6 is 15.6 Å². The van der Waals surface area contributed by atoms with Crippen molar-refractivity contribution in [1.82, 2.24) is 0 Å². The first-order chi connectivity index (χ1) is 52.3. The molecule has 0 saturated carbocycles. The van der Waals surface area contributed by atoms with E-state index in [-0.39, 0.29) is 25.7 Å². The van der Waals surface area contributed by atoms with Crippen LogP contribution in [-0.2, 0) is 65.4 Å². The largest absolute Gasteiger partial charge is 0.472 e. The topological polar surface area (TPSA) is 237 Å². The lowest BCUT2D eigenvalue weighted by Gasteiger charge is -2.21. The van der Waals surface area contributed by atoms with Gasteiger partial charge in [0.1, 0.15) is 19.3 Å². The van der Waals surface area contributed by atoms with Gasteiger partial charge in [-0.25, -0.2) is 9.13 Å². The van der Waals surface area contributed by atoms with Gasteiger partial charge in [-0.15, -0.1) is 0 Å². The second kappa shape index (κ2) is 78.9. The zero-order valence-corrected chi connectivity index (χ0v) is 73.1. The lowest BCUT2D eigenvalue weighted by atomic mass is 9.99. The molecule has 0 fully saturated rings. The van der Waals surface area contributed by atoms with Crippen LogP contribution in [0, 0.1) is 17.8 Å². The molecule has 17 nitrogen and oxygen atoms in total. The number of aliphatic hydroxyl groups is 1. The van der Waals surface area contributed by atoms with Crippen molar-refractivity contribution in [3.8, 4) is 0 Å². The summed E-state index contributed by atoms with van der Waals surface area (Å²) in [6.45, 7) is 12.1. The van der Waals surface area contributed by atoms with Crippen LogP contribution < -0.4 is 0 Å². The van der Waals surface area contributed by atoms with E-state index >= 15 is 0 Å². The van der Waals surface area contributed by atoms with Crippen molar-refractivity contribution in [2.45, 2.75) is 491 Å². The van der Waals surface area contributed by atoms with Gasteiger partial charge in [0.2, 0.25) is 0 Å². The van der Waals surface area contributed by atoms with Gasteiger partial charge in [-0.05, 0) is 43.4 Å². The van der Waals surface area contributed by atoms with Crippen LogP contribution in [0.5, 0.6) is 0 Å². The number of hydrogen-bond donors (Lipinski definition) is 3. The molecule has 19 heteroatoms. The molecule has 0 aliphatic rings. The summed E-state index contributed by atoms with van der Waals surface area (Å²) in [5, 5.41) is 10.7. The van der Waals surface area contributed by atoms with Gasteiger partial charge in [-0.1, -0.05) is 421 Å². The van der Waals surface area contributed by atoms with E-state index in [1.807, 2.05) is 0 Å². The van der Waals surface area contributed by atoms with Crippen LogP contribution in [0.15, 0.2) is 0 Å². The monoisotopic (exact) mass is 1580 g/mol. The molecule has 7 atom stereocenters. The predicted molar refractivity (Wildman–Crippen MR) is 446 cm³/mol. The molecule has 0 radical (unpaired) electrons. The van der Waals surface area contributed by atoms with Crippen molar-refractivity contribution in [1.29, 1.82) is 0 Å². The average Bonchev–Trinajstić information content (AvgIpc) is 0.899. The third-order valence-electron chi connectivity index (χ3n) is 21.6. The van der Waals surface area contributed by atoms with Crippen molar-refractivity contribution in [2.75, 3.05) is 39.6 Å². The van der Waals surface area contributed by atoms with Crippen molar-refractivity contribution >= 4 is 39.5 Å². The SMILES string of the molecule is CCCCCCCCCCCCCCCCCCCCCC(=O)OC[C@H](COP(=O)(O)OC[C@@H](O)COP(=O)(O)OC[C@@H](COC(=O)CCCCCCCCCCCCC(C)C)OC(=O)CCCCCCCCCCCCC(C)CC)OC(=O)CCCCCCCCCCCCCCCCCCCCC(C)CC. The maximum atomic E-state index is 13.2. The lowest BCUT2D eigenvalue weighted by Crippen LogP contribution is -2.30. The van der Waals surface area contributed by atoms with Crippen molar-refractivity contribution in [2.24, 2.45) is 17.8 Å². The summed E-state index contributed by atoms with van der Waals surface area (Å²) in [6.07, 6.45) is 70.7. The van der Waals surface area contributed by atoms with E-state index in [1.165, 1.54) is 283 Å². The Hall–Kier alpha value is -1.94. The summed E-state index contributed by atoms with van der Waals surface area (Å²) in [4.78, 5) is 73.4. The number of hydrogen-bond acceptors (Lipinski definition) is 15. The molecule has 0 bridgehead atoms. The second-order valence-electron chi connectivity index (χ2n) is 32.9. The highest BCUT2D eigenvalue weighted by atomic mass is 31.2. The molecule has 108 heavy (non-hydrogen) atoms. The van der Waals surface area contributed by atoms with E-state index in [2.05, 4.69) is 48.5 Å². The van der Waals surface area contributed by atoms with Crippen molar-refractivity contribution < 1.29 is 80.2 Å². The first kappa shape index (κ1) is 106. The third-order valence-corrected chi connectivity index (χ3v) is 23.5. The highest BCUT2D eigenvalue weighted by Crippen LogP contribution is 2.45. The van der Waals surface area contributed by atoms with Crippen LogP contribution in [0.25, 0.3) is 0 Å². The number of esters is 4. The molecular weight excluding hydrogens is 1400 g/mol. The molecule has 0 saturated heterocycles. The number of phosphoric acid groups is 2. The van der Waals surface area contributed by atoms with Crippen molar-refractivity contribution in [3.05, 3.63) is 0 Å². The van der Waals surface area contributed by atoms with Gasteiger partial charge in [-0.3, -0.25) is 37.3 Å². The molecule has 0 aromatic heterocycles. The maximum Gasteiger partial charge on any atom is 0.472 e. The Morgan fingerprint density at radius 1 is 0.269 bits per heavy atom. The van der Waals surface area contributed by atoms with Crippen LogP contribution in [0.1, 0.15) is 472 Å². The number of carbonyl (C=O) groups is 4. The van der Waals surface area contributed by atoms with Crippen LogP contribution in [0.3, 0.4) is 0 Å². The Balaban J connectivity index is 5.25. The summed E-state index contributed by atoms with van der Waals surface area (Å²) >= 11 is 0. The molecular formula is C89H174O17P2. The third kappa shape index (κ3) is 79.3. The summed E-state index contributed by atoms with van der Waals surface area (Å²) in [7, 11) is -9.93. The normalized spacial score (nSPS) is 14.3. The standard InChI is InChI=1S/C89H174O17P2/c1-8-11-12-13-14-15-16-17-18-19-20-24-27-30-33-42-49-56-63-70-86(91)99-76-84(105-88(93)72-65-58-51-44-34-31-28-25-22-21-23-26-29-32-40-47-54-61-68-81(6)9-2)78-103-107(95,96)101-74-83(90)75-102-108(97,98)104-79-85(77-100-87(92)71-64-57-50-43-37-35-39-46-53-60-67-80(4)5)106-89(94)73-66-59-52-45-38-36-41-48-55-62-69-82(7)10-3/h80-85,90H,8-79H2,1-7H3,(H,95,96)(H,97,98)/t81?,82?,83-,84-,85-/m1/s1. The Labute approximate surface area is 664 Å². The number of unbranched alkanes of at least 4 members (excludes halogenated alkanes) is 53. The van der Waals surface area contributed by atoms with Gasteiger partial charge in [0.25, 0.3) is 0 Å². The number of carbonyl (C=O) groups excluding carboxylic acids is 4. The molecule has 642 valence electrons. The average molecular weight is 1580 g/mol. The quantitative estimate of drug-likeness (QED) is 0.0222. The van der Waals surface area contributed by atoms with E-state index < -0.39 is 97.5 Å². The summed E-state index contributed by atoms with van der Waals surface area (Å²) < 4.78 is 69.0. The van der Waals surface area contributed by atoms with Gasteiger partial charge < -0.3 is 33.8 Å². The highest BCUT2D eigenvalue weighted by molar-refractivity contribution is 7.47. The minimum absolute atomic E-state index is 0.106. The van der Waals surface area contributed by atoms with Crippen LogP contribution in [-0.4, -0.2) is 96.7 Å². The smallest absolute Gasteiger partial charge is 0.462 e. The summed E-state index contributed by atoms with van der Waals surface area (Å²) in [6, 6.07) is 0. The predicted octanol–water partition coefficient (Wildman–Crippen LogP) is 27.3. The molecule has 0 amide bonds. The fourth-order valence-corrected chi connectivity index (χ4v) is 15.4. The fraction of sp³-hybridized carbons (Fsp3) is 0.955. The Bertz CT molecular complexity index is 2080. The molecule has 3 N–H and O–H groups in total. The summed E-state index contributed by atoms with van der Waals surface area (Å²) in [5.41, 5.74) is 0. The van der Waals surface area contributed by atoms with Gasteiger partial charge in [0.15, 0.2) is 12.2 Å². The molecule has 0 spiro atoms. The number of ether oxygens (including phenoxy) is 4. The molecule has 0 aliphatic heterocycles. The zero-order chi connectivity index (χ0) is 79.3. The van der Waals surface area contributed by atoms with Gasteiger partial charge in [-0.2, -0.15) is 0 Å². The fourth-order valence-electron chi connectivity index (χ4n) is 13.8. The number of aliphatic hydroxyl groups excluding tert-OH is 1. The van der Waals surface area contributed by atoms with Gasteiger partial charge >= 0.3 is 39.5 Å². The van der Waals surface area contributed by atoms with Gasteiger partial charge in [0, 0.05) is 25.7 Å². The highest BCUT2D eigenvalue weighted by Gasteiger charge is 2.31. The maximum absolute atomic E-state index is 13.2. The molecule has 0 heterocycles. The Morgan fingerprint density at radius 2 is 0.472 bits per heavy atom. The first-order valence-corrected chi connectivity index (χ1v) is 48.9. The molecule has 0 aromatic rings. The van der Waals surface area contributed by atoms with E-state index in [0.717, 1.165) is 108 Å². The van der Waals surface area contributed by atoms with E-state index in [0.29, 0.717) is 25.7 Å². The Kier molecular flexibility index (Phi) is 77.5. The van der Waals surface area contributed by atoms with Crippen LogP contribution in [0.4, 0.5) is 0 Å².